The van der Waals surface area contributed by atoms with Gasteiger partial charge in [0.2, 0.25) is 0 Å². The molecule has 0 aromatic carbocycles. The monoisotopic (exact) mass is 257 g/mol. The summed E-state index contributed by atoms with van der Waals surface area (Å²) in [5.41, 5.74) is 4.43. The third-order valence-corrected chi connectivity index (χ3v) is 2.95. The Morgan fingerprint density at radius 1 is 1.44 bits per heavy atom. The Morgan fingerprint density at radius 3 is 2.83 bits per heavy atom. The van der Waals surface area contributed by atoms with Crippen LogP contribution in [0.2, 0.25) is 0 Å². The lowest BCUT2D eigenvalue weighted by Gasteiger charge is -2.36. The van der Waals surface area contributed by atoms with Gasteiger partial charge in [-0.25, -0.2) is 4.79 Å². The van der Waals surface area contributed by atoms with Crippen LogP contribution < -0.4 is 17.0 Å². The maximum atomic E-state index is 11.4. The van der Waals surface area contributed by atoms with Gasteiger partial charge in [0.25, 0.3) is 5.56 Å². The van der Waals surface area contributed by atoms with E-state index in [2.05, 4.69) is 4.98 Å². The highest BCUT2D eigenvalue weighted by Crippen LogP contribution is 2.15. The number of hydrogen-bond acceptors (Lipinski definition) is 6. The molecule has 0 spiro atoms. The first-order valence-corrected chi connectivity index (χ1v) is 5.52. The van der Waals surface area contributed by atoms with Crippen LogP contribution >= 0.6 is 0 Å². The van der Waals surface area contributed by atoms with Gasteiger partial charge in [-0.15, -0.1) is 0 Å². The Morgan fingerprint density at radius 2 is 2.17 bits per heavy atom. The van der Waals surface area contributed by atoms with Crippen molar-refractivity contribution >= 4 is 0 Å². The molecule has 5 N–H and O–H groups in total. The molecular weight excluding hydrogens is 242 g/mol. The number of aromatic nitrogens is 2. The van der Waals surface area contributed by atoms with Gasteiger partial charge in [0.1, 0.15) is 12.2 Å². The molecule has 0 amide bonds. The third kappa shape index (κ3) is 2.51. The van der Waals surface area contributed by atoms with E-state index in [-0.39, 0.29) is 13.2 Å². The van der Waals surface area contributed by atoms with E-state index >= 15 is 0 Å². The molecule has 0 bridgehead atoms. The zero-order valence-corrected chi connectivity index (χ0v) is 9.52. The van der Waals surface area contributed by atoms with Gasteiger partial charge >= 0.3 is 5.69 Å². The molecule has 0 unspecified atom stereocenters. The largest absolute Gasteiger partial charge is 0.389 e. The van der Waals surface area contributed by atoms with Crippen molar-refractivity contribution in [2.24, 2.45) is 5.73 Å². The van der Waals surface area contributed by atoms with Crippen molar-refractivity contribution in [3.8, 4) is 0 Å². The van der Waals surface area contributed by atoms with Gasteiger partial charge in [0.15, 0.2) is 0 Å². The van der Waals surface area contributed by atoms with E-state index in [9.17, 15) is 19.8 Å². The molecule has 1 aromatic heterocycles. The van der Waals surface area contributed by atoms with Crippen LogP contribution in [0.25, 0.3) is 0 Å². The highest BCUT2D eigenvalue weighted by atomic mass is 16.5. The number of ether oxygens (including phenoxy) is 1. The summed E-state index contributed by atoms with van der Waals surface area (Å²) in [5, 5.41) is 19.4. The minimum atomic E-state index is -1.17. The van der Waals surface area contributed by atoms with Gasteiger partial charge in [0.05, 0.1) is 25.3 Å². The van der Waals surface area contributed by atoms with Gasteiger partial charge < -0.3 is 20.7 Å². The summed E-state index contributed by atoms with van der Waals surface area (Å²) < 4.78 is 6.47. The highest BCUT2D eigenvalue weighted by molar-refractivity contribution is 4.90. The Hall–Kier alpha value is -1.48. The van der Waals surface area contributed by atoms with Crippen LogP contribution in [0.5, 0.6) is 0 Å². The summed E-state index contributed by atoms with van der Waals surface area (Å²) >= 11 is 0. The molecule has 2 heterocycles. The standard InChI is InChI=1S/C10H15N3O5/c11-5-4-18-6(9(16)8(5)15)3-13-2-1-7(14)12-10(13)17/h1-2,5-6,8-9,15-16H,3-4,11H2,(H,12,14,17)/t5-,6-,8+,9-/m1/s1. The molecule has 0 saturated carbocycles. The van der Waals surface area contributed by atoms with Gasteiger partial charge in [0, 0.05) is 12.3 Å². The van der Waals surface area contributed by atoms with Crippen molar-refractivity contribution in [1.29, 1.82) is 0 Å². The predicted molar refractivity (Wildman–Crippen MR) is 61.1 cm³/mol. The molecule has 1 saturated heterocycles. The minimum absolute atomic E-state index is 0.0283. The molecule has 8 heteroatoms. The van der Waals surface area contributed by atoms with Crippen LogP contribution in [0.4, 0.5) is 0 Å². The molecular formula is C10H15N3O5. The lowest BCUT2D eigenvalue weighted by molar-refractivity contribution is -0.148. The topological polar surface area (TPSA) is 131 Å². The number of nitrogens with two attached hydrogens (primary N) is 1. The normalized spacial score (nSPS) is 32.4. The second-order valence-electron chi connectivity index (χ2n) is 4.28. The minimum Gasteiger partial charge on any atom is -0.389 e. The second-order valence-corrected chi connectivity index (χ2v) is 4.28. The number of hydrogen-bond donors (Lipinski definition) is 4. The molecule has 2 rings (SSSR count). The average Bonchev–Trinajstić information content (AvgIpc) is 2.33. The Balaban J connectivity index is 2.14. The summed E-state index contributed by atoms with van der Waals surface area (Å²) in [6, 6.07) is 0.544. The number of H-pyrrole nitrogens is 1. The Bertz CT molecular complexity index is 525. The lowest BCUT2D eigenvalue weighted by atomic mass is 9.99. The number of aliphatic hydroxyl groups is 2. The van der Waals surface area contributed by atoms with E-state index in [1.165, 1.54) is 16.8 Å². The van der Waals surface area contributed by atoms with Crippen LogP contribution in [-0.4, -0.2) is 50.7 Å². The summed E-state index contributed by atoms with van der Waals surface area (Å²) in [7, 11) is 0. The zero-order valence-electron chi connectivity index (χ0n) is 9.52. The Kier molecular flexibility index (Phi) is 3.62. The maximum Gasteiger partial charge on any atom is 0.328 e. The summed E-state index contributed by atoms with van der Waals surface area (Å²) in [5.74, 6) is 0. The first kappa shape index (κ1) is 13.0. The predicted octanol–water partition coefficient (Wildman–Crippen LogP) is -3.02. The van der Waals surface area contributed by atoms with Crippen LogP contribution in [0.15, 0.2) is 21.9 Å². The van der Waals surface area contributed by atoms with Crippen LogP contribution in [-0.2, 0) is 11.3 Å². The van der Waals surface area contributed by atoms with Crippen LogP contribution in [0, 0.1) is 0 Å². The molecule has 18 heavy (non-hydrogen) atoms. The quantitative estimate of drug-likeness (QED) is 0.446. The van der Waals surface area contributed by atoms with Crippen LogP contribution in [0.3, 0.4) is 0 Å². The molecule has 1 aliphatic heterocycles. The smallest absolute Gasteiger partial charge is 0.328 e. The fraction of sp³-hybridized carbons (Fsp3) is 0.600. The van der Waals surface area contributed by atoms with Crippen LogP contribution in [0.1, 0.15) is 0 Å². The molecule has 4 atom stereocenters. The van der Waals surface area contributed by atoms with Crippen molar-refractivity contribution < 1.29 is 14.9 Å². The molecule has 8 nitrogen and oxygen atoms in total. The first-order chi connectivity index (χ1) is 8.49. The third-order valence-electron chi connectivity index (χ3n) is 2.95. The van der Waals surface area contributed by atoms with E-state index in [0.717, 1.165) is 0 Å². The number of nitrogens with zero attached hydrogens (tertiary/aromatic N) is 1. The molecule has 1 fully saturated rings. The van der Waals surface area contributed by atoms with E-state index in [1.54, 1.807) is 0 Å². The number of aromatic amines is 1. The first-order valence-electron chi connectivity index (χ1n) is 5.52. The van der Waals surface area contributed by atoms with Crippen molar-refractivity contribution in [2.75, 3.05) is 6.61 Å². The summed E-state index contributed by atoms with van der Waals surface area (Å²) in [6.45, 7) is 0.127. The second kappa shape index (κ2) is 5.02. The SMILES string of the molecule is N[C@@H]1CO[C@H](Cn2ccc(=O)[nH]c2=O)[C@@H](O)[C@H]1O. The molecule has 1 aliphatic rings. The Labute approximate surface area is 102 Å². The van der Waals surface area contributed by atoms with E-state index in [1.807, 2.05) is 0 Å². The maximum absolute atomic E-state index is 11.4. The van der Waals surface area contributed by atoms with E-state index < -0.39 is 35.6 Å². The van der Waals surface area contributed by atoms with Gasteiger partial charge in [-0.1, -0.05) is 0 Å². The fourth-order valence-electron chi connectivity index (χ4n) is 1.85. The van der Waals surface area contributed by atoms with E-state index in [4.69, 9.17) is 10.5 Å². The number of aliphatic hydroxyl groups excluding tert-OH is 2. The molecule has 1 aromatic rings. The number of rotatable bonds is 2. The lowest BCUT2D eigenvalue weighted by Crippen LogP contribution is -2.57. The van der Waals surface area contributed by atoms with E-state index in [0.29, 0.717) is 0 Å². The van der Waals surface area contributed by atoms with Crippen molar-refractivity contribution in [3.63, 3.8) is 0 Å². The summed E-state index contributed by atoms with van der Waals surface area (Å²) in [4.78, 5) is 24.4. The molecule has 100 valence electrons. The molecule has 0 aliphatic carbocycles. The van der Waals surface area contributed by atoms with Crippen molar-refractivity contribution in [2.45, 2.75) is 30.9 Å². The molecule has 0 radical (unpaired) electrons. The highest BCUT2D eigenvalue weighted by Gasteiger charge is 2.36. The zero-order chi connectivity index (χ0) is 13.3. The van der Waals surface area contributed by atoms with Gasteiger partial charge in [-0.05, 0) is 0 Å². The van der Waals surface area contributed by atoms with Gasteiger partial charge in [-0.2, -0.15) is 0 Å². The van der Waals surface area contributed by atoms with Crippen molar-refractivity contribution in [3.05, 3.63) is 33.1 Å². The van der Waals surface area contributed by atoms with Gasteiger partial charge in [-0.3, -0.25) is 14.3 Å². The van der Waals surface area contributed by atoms with Crippen molar-refractivity contribution in [1.82, 2.24) is 9.55 Å². The fourth-order valence-corrected chi connectivity index (χ4v) is 1.85. The number of nitrogens with one attached hydrogen (secondary N) is 1. The average molecular weight is 257 g/mol. The summed E-state index contributed by atoms with van der Waals surface area (Å²) in [6.07, 6.45) is -1.71.